The van der Waals surface area contributed by atoms with Crippen LogP contribution in [0.3, 0.4) is 0 Å². The molecule has 3 rings (SSSR count). The van der Waals surface area contributed by atoms with E-state index in [1.165, 1.54) is 0 Å². The number of imidazole rings is 1. The highest BCUT2D eigenvalue weighted by molar-refractivity contribution is 6.31. The summed E-state index contributed by atoms with van der Waals surface area (Å²) >= 11 is 5.95. The average Bonchev–Trinajstić information content (AvgIpc) is 2.95. The van der Waals surface area contributed by atoms with E-state index in [0.717, 1.165) is 11.1 Å². The van der Waals surface area contributed by atoms with Gasteiger partial charge in [0.1, 0.15) is 5.69 Å². The second kappa shape index (κ2) is 4.64. The quantitative estimate of drug-likeness (QED) is 0.890. The first-order valence-corrected chi connectivity index (χ1v) is 6.30. The molecule has 0 aromatic carbocycles. The second-order valence-electron chi connectivity index (χ2n) is 4.57. The van der Waals surface area contributed by atoms with E-state index in [-0.39, 0.29) is 5.88 Å². The first-order valence-electron chi connectivity index (χ1n) is 5.92. The lowest BCUT2D eigenvalue weighted by molar-refractivity contribution is 0.455. The van der Waals surface area contributed by atoms with Gasteiger partial charge in [-0.1, -0.05) is 11.6 Å². The Hall–Kier alpha value is -2.34. The maximum atomic E-state index is 9.84. The van der Waals surface area contributed by atoms with Crippen molar-refractivity contribution in [1.82, 2.24) is 15.0 Å². The fourth-order valence-corrected chi connectivity index (χ4v) is 2.05. The highest BCUT2D eigenvalue weighted by atomic mass is 35.5. The Labute approximate surface area is 120 Å². The minimum atomic E-state index is -0.0574. The molecule has 0 bridgehead atoms. The molecule has 7 heteroatoms. The molecular weight excluding hydrogens is 278 g/mol. The van der Waals surface area contributed by atoms with Gasteiger partial charge in [0, 0.05) is 37.6 Å². The lowest BCUT2D eigenvalue weighted by Gasteiger charge is -2.05. The number of H-pyrrole nitrogens is 1. The summed E-state index contributed by atoms with van der Waals surface area (Å²) in [4.78, 5) is 17.2. The van der Waals surface area contributed by atoms with Gasteiger partial charge in [0.25, 0.3) is 0 Å². The summed E-state index contributed by atoms with van der Waals surface area (Å²) in [5.41, 5.74) is 2.17. The fraction of sp³-hybridized carbons (Fsp3) is 0.154. The SMILES string of the molecule is CN(C)c1nc(O)c(C=C2C=Nc3ncc(Cl)cc32)[nH]1. The highest BCUT2D eigenvalue weighted by Gasteiger charge is 2.16. The van der Waals surface area contributed by atoms with E-state index in [1.807, 2.05) is 14.1 Å². The average molecular weight is 290 g/mol. The summed E-state index contributed by atoms with van der Waals surface area (Å²) in [6, 6.07) is 1.79. The summed E-state index contributed by atoms with van der Waals surface area (Å²) in [6.45, 7) is 0. The van der Waals surface area contributed by atoms with Crippen LogP contribution in [0.5, 0.6) is 5.88 Å². The topological polar surface area (TPSA) is 77.4 Å². The summed E-state index contributed by atoms with van der Waals surface area (Å²) in [7, 11) is 3.68. The Morgan fingerprint density at radius 3 is 2.90 bits per heavy atom. The van der Waals surface area contributed by atoms with Gasteiger partial charge in [0.05, 0.1) is 5.02 Å². The van der Waals surface area contributed by atoms with Crippen LogP contribution in [-0.4, -0.2) is 40.4 Å². The van der Waals surface area contributed by atoms with Gasteiger partial charge < -0.3 is 15.0 Å². The Balaban J connectivity index is 2.03. The number of hydrogen-bond acceptors (Lipinski definition) is 5. The van der Waals surface area contributed by atoms with Crippen molar-refractivity contribution in [3.63, 3.8) is 0 Å². The fourth-order valence-electron chi connectivity index (χ4n) is 1.90. The molecule has 102 valence electrons. The number of aliphatic imine (C=N–C) groups is 1. The Morgan fingerprint density at radius 2 is 2.20 bits per heavy atom. The Bertz CT molecular complexity index is 732. The number of pyridine rings is 1. The predicted octanol–water partition coefficient (Wildman–Crippen LogP) is 2.49. The molecule has 0 spiro atoms. The molecule has 0 fully saturated rings. The van der Waals surface area contributed by atoms with E-state index < -0.39 is 0 Å². The van der Waals surface area contributed by atoms with Crippen LogP contribution in [-0.2, 0) is 0 Å². The van der Waals surface area contributed by atoms with E-state index in [9.17, 15) is 5.11 Å². The molecule has 3 heterocycles. The molecule has 2 aromatic heterocycles. The number of halogens is 1. The largest absolute Gasteiger partial charge is 0.492 e. The predicted molar refractivity (Wildman–Crippen MR) is 79.8 cm³/mol. The first-order chi connectivity index (χ1) is 9.54. The van der Waals surface area contributed by atoms with Crippen molar-refractivity contribution in [2.45, 2.75) is 0 Å². The van der Waals surface area contributed by atoms with Crippen LogP contribution in [0.1, 0.15) is 11.3 Å². The van der Waals surface area contributed by atoms with Gasteiger partial charge >= 0.3 is 0 Å². The zero-order valence-electron chi connectivity index (χ0n) is 10.9. The van der Waals surface area contributed by atoms with Gasteiger partial charge in [0.2, 0.25) is 11.8 Å². The standard InChI is InChI=1S/C13H12ClN5O/c1-19(2)13-17-10(12(20)18-13)3-7-5-15-11-9(7)4-8(14)6-16-11/h3-6,20H,1-2H3,(H,17,18). The molecule has 0 unspecified atom stereocenters. The number of nitrogens with zero attached hydrogens (tertiary/aromatic N) is 4. The zero-order valence-corrected chi connectivity index (χ0v) is 11.7. The maximum absolute atomic E-state index is 9.84. The van der Waals surface area contributed by atoms with Gasteiger partial charge in [-0.25, -0.2) is 9.98 Å². The van der Waals surface area contributed by atoms with E-state index >= 15 is 0 Å². The van der Waals surface area contributed by atoms with Crippen molar-refractivity contribution in [3.05, 3.63) is 28.5 Å². The smallest absolute Gasteiger partial charge is 0.238 e. The van der Waals surface area contributed by atoms with Crippen molar-refractivity contribution in [2.24, 2.45) is 4.99 Å². The molecule has 0 atom stereocenters. The number of aromatic hydroxyl groups is 1. The van der Waals surface area contributed by atoms with Crippen molar-refractivity contribution in [1.29, 1.82) is 0 Å². The monoisotopic (exact) mass is 289 g/mol. The molecule has 0 aliphatic carbocycles. The van der Waals surface area contributed by atoms with E-state index in [2.05, 4.69) is 19.9 Å². The van der Waals surface area contributed by atoms with Crippen molar-refractivity contribution in [3.8, 4) is 5.88 Å². The number of anilines is 1. The van der Waals surface area contributed by atoms with Crippen LogP contribution in [0, 0.1) is 0 Å². The molecule has 0 saturated heterocycles. The number of aromatic amines is 1. The number of allylic oxidation sites excluding steroid dienone is 1. The molecular formula is C13H12ClN5O. The van der Waals surface area contributed by atoms with E-state index in [1.54, 1.807) is 29.5 Å². The minimum Gasteiger partial charge on any atom is -0.492 e. The van der Waals surface area contributed by atoms with Gasteiger partial charge in [-0.3, -0.25) is 0 Å². The normalized spacial score (nSPS) is 14.8. The lowest BCUT2D eigenvalue weighted by atomic mass is 10.1. The third-order valence-electron chi connectivity index (χ3n) is 2.89. The minimum absolute atomic E-state index is 0.0574. The third-order valence-corrected chi connectivity index (χ3v) is 3.10. The van der Waals surface area contributed by atoms with Gasteiger partial charge in [-0.05, 0) is 12.1 Å². The van der Waals surface area contributed by atoms with Crippen LogP contribution >= 0.6 is 11.6 Å². The van der Waals surface area contributed by atoms with Gasteiger partial charge in [0.15, 0.2) is 5.82 Å². The number of nitrogens with one attached hydrogen (secondary N) is 1. The number of hydrogen-bond donors (Lipinski definition) is 2. The number of aromatic nitrogens is 3. The summed E-state index contributed by atoms with van der Waals surface area (Å²) in [5, 5.41) is 10.4. The van der Waals surface area contributed by atoms with Crippen molar-refractivity contribution >= 4 is 41.2 Å². The third kappa shape index (κ3) is 2.14. The number of rotatable bonds is 2. The van der Waals surface area contributed by atoms with Gasteiger partial charge in [-0.2, -0.15) is 4.98 Å². The number of fused-ring (bicyclic) bond motifs is 1. The Kier molecular flexibility index (Phi) is 2.94. The van der Waals surface area contributed by atoms with Gasteiger partial charge in [-0.15, -0.1) is 0 Å². The van der Waals surface area contributed by atoms with Crippen LogP contribution < -0.4 is 4.90 Å². The molecule has 1 aliphatic heterocycles. The Morgan fingerprint density at radius 1 is 1.40 bits per heavy atom. The lowest BCUT2D eigenvalue weighted by Crippen LogP contribution is -2.10. The van der Waals surface area contributed by atoms with Crippen LogP contribution in [0.4, 0.5) is 11.8 Å². The molecule has 2 aromatic rings. The molecule has 6 nitrogen and oxygen atoms in total. The van der Waals surface area contributed by atoms with Crippen LogP contribution in [0.15, 0.2) is 17.3 Å². The molecule has 2 N–H and O–H groups in total. The zero-order chi connectivity index (χ0) is 14.3. The maximum Gasteiger partial charge on any atom is 0.238 e. The second-order valence-corrected chi connectivity index (χ2v) is 5.01. The highest BCUT2D eigenvalue weighted by Crippen LogP contribution is 2.33. The van der Waals surface area contributed by atoms with Crippen molar-refractivity contribution < 1.29 is 5.11 Å². The van der Waals surface area contributed by atoms with Crippen LogP contribution in [0.25, 0.3) is 11.6 Å². The van der Waals surface area contributed by atoms with E-state index in [0.29, 0.717) is 22.5 Å². The summed E-state index contributed by atoms with van der Waals surface area (Å²) in [5.74, 6) is 1.14. The molecule has 20 heavy (non-hydrogen) atoms. The molecule has 0 amide bonds. The van der Waals surface area contributed by atoms with E-state index in [4.69, 9.17) is 11.6 Å². The first kappa shape index (κ1) is 12.7. The van der Waals surface area contributed by atoms with Crippen molar-refractivity contribution in [2.75, 3.05) is 19.0 Å². The van der Waals surface area contributed by atoms with Crippen LogP contribution in [0.2, 0.25) is 5.02 Å². The summed E-state index contributed by atoms with van der Waals surface area (Å²) < 4.78 is 0. The molecule has 0 saturated carbocycles. The molecule has 0 radical (unpaired) electrons. The summed E-state index contributed by atoms with van der Waals surface area (Å²) in [6.07, 6.45) is 5.00. The molecule has 1 aliphatic rings.